The maximum atomic E-state index is 12.4. The van der Waals surface area contributed by atoms with Gasteiger partial charge in [0, 0.05) is 19.3 Å². The van der Waals surface area contributed by atoms with E-state index in [1.54, 1.807) is 4.90 Å². The monoisotopic (exact) mass is 339 g/mol. The van der Waals surface area contributed by atoms with Crippen LogP contribution >= 0.6 is 0 Å². The van der Waals surface area contributed by atoms with Crippen molar-refractivity contribution in [1.82, 2.24) is 15.2 Å². The van der Waals surface area contributed by atoms with Gasteiger partial charge in [-0.15, -0.1) is 0 Å². The van der Waals surface area contributed by atoms with E-state index in [2.05, 4.69) is 10.3 Å². The zero-order chi connectivity index (χ0) is 17.8. The molecule has 7 heteroatoms. The van der Waals surface area contributed by atoms with Gasteiger partial charge in [0.15, 0.2) is 0 Å². The van der Waals surface area contributed by atoms with Gasteiger partial charge in [-0.05, 0) is 24.1 Å². The number of benzene rings is 1. The Balaban J connectivity index is 1.60. The SMILES string of the molecule is O=C(N[C@@H]1CCN(Cc2ccccc2)C1=O)c1ccc(C(=O)O)nc1. The minimum absolute atomic E-state index is 0.118. The number of likely N-dealkylation sites (tertiary alicyclic amines) is 1. The molecule has 25 heavy (non-hydrogen) atoms. The first-order chi connectivity index (χ1) is 12.0. The number of hydrogen-bond donors (Lipinski definition) is 2. The van der Waals surface area contributed by atoms with E-state index in [9.17, 15) is 14.4 Å². The summed E-state index contributed by atoms with van der Waals surface area (Å²) >= 11 is 0. The molecule has 128 valence electrons. The van der Waals surface area contributed by atoms with Gasteiger partial charge in [-0.1, -0.05) is 30.3 Å². The summed E-state index contributed by atoms with van der Waals surface area (Å²) in [5, 5.41) is 11.5. The van der Waals surface area contributed by atoms with Gasteiger partial charge >= 0.3 is 5.97 Å². The highest BCUT2D eigenvalue weighted by molar-refractivity contribution is 5.98. The molecule has 7 nitrogen and oxygen atoms in total. The number of aromatic nitrogens is 1. The fourth-order valence-electron chi connectivity index (χ4n) is 2.73. The van der Waals surface area contributed by atoms with Crippen molar-refractivity contribution in [3.8, 4) is 0 Å². The molecule has 0 saturated carbocycles. The smallest absolute Gasteiger partial charge is 0.354 e. The van der Waals surface area contributed by atoms with E-state index in [4.69, 9.17) is 5.11 Å². The first kappa shape index (κ1) is 16.6. The predicted molar refractivity (Wildman–Crippen MR) is 88.9 cm³/mol. The number of pyridine rings is 1. The molecule has 1 aliphatic heterocycles. The van der Waals surface area contributed by atoms with Crippen molar-refractivity contribution < 1.29 is 19.5 Å². The molecule has 2 aromatic rings. The average Bonchev–Trinajstić information content (AvgIpc) is 2.96. The number of aromatic carboxylic acids is 1. The molecule has 1 aromatic heterocycles. The number of carbonyl (C=O) groups excluding carboxylic acids is 2. The maximum absolute atomic E-state index is 12.4. The fraction of sp³-hybridized carbons (Fsp3) is 0.222. The third kappa shape index (κ3) is 3.82. The Hall–Kier alpha value is -3.22. The molecule has 0 radical (unpaired) electrons. The zero-order valence-electron chi connectivity index (χ0n) is 13.4. The van der Waals surface area contributed by atoms with Crippen LogP contribution in [0.2, 0.25) is 0 Å². The molecule has 0 bridgehead atoms. The fourth-order valence-corrected chi connectivity index (χ4v) is 2.73. The van der Waals surface area contributed by atoms with Gasteiger partial charge < -0.3 is 15.3 Å². The summed E-state index contributed by atoms with van der Waals surface area (Å²) in [5.74, 6) is -1.72. The van der Waals surface area contributed by atoms with E-state index in [0.29, 0.717) is 19.5 Å². The molecular formula is C18H17N3O4. The molecule has 1 fully saturated rings. The summed E-state index contributed by atoms with van der Waals surface area (Å²) in [4.78, 5) is 40.9. The van der Waals surface area contributed by atoms with E-state index >= 15 is 0 Å². The van der Waals surface area contributed by atoms with Gasteiger partial charge in [-0.3, -0.25) is 9.59 Å². The van der Waals surface area contributed by atoms with Crippen molar-refractivity contribution in [1.29, 1.82) is 0 Å². The quantitative estimate of drug-likeness (QED) is 0.855. The number of rotatable bonds is 5. The van der Waals surface area contributed by atoms with Crippen LogP contribution < -0.4 is 5.32 Å². The van der Waals surface area contributed by atoms with Crippen LogP contribution in [0.25, 0.3) is 0 Å². The van der Waals surface area contributed by atoms with Crippen molar-refractivity contribution in [3.63, 3.8) is 0 Å². The molecule has 0 spiro atoms. The van der Waals surface area contributed by atoms with Crippen LogP contribution in [0.5, 0.6) is 0 Å². The van der Waals surface area contributed by atoms with Crippen LogP contribution in [0.1, 0.15) is 32.8 Å². The van der Waals surface area contributed by atoms with Crippen LogP contribution in [0.3, 0.4) is 0 Å². The Kier molecular flexibility index (Phi) is 4.74. The molecule has 3 rings (SSSR count). The largest absolute Gasteiger partial charge is 0.477 e. The van der Waals surface area contributed by atoms with Crippen molar-refractivity contribution in [2.75, 3.05) is 6.54 Å². The van der Waals surface area contributed by atoms with Gasteiger partial charge in [-0.25, -0.2) is 9.78 Å². The summed E-state index contributed by atoms with van der Waals surface area (Å²) in [6.45, 7) is 1.09. The summed E-state index contributed by atoms with van der Waals surface area (Å²) in [7, 11) is 0. The Morgan fingerprint density at radius 2 is 1.96 bits per heavy atom. The van der Waals surface area contributed by atoms with Crippen LogP contribution in [0.4, 0.5) is 0 Å². The molecular weight excluding hydrogens is 322 g/mol. The molecule has 1 saturated heterocycles. The van der Waals surface area contributed by atoms with Gasteiger partial charge in [0.05, 0.1) is 5.56 Å². The number of amides is 2. The highest BCUT2D eigenvalue weighted by Gasteiger charge is 2.32. The van der Waals surface area contributed by atoms with Gasteiger partial charge in [0.1, 0.15) is 11.7 Å². The Bertz CT molecular complexity index is 790. The molecule has 0 unspecified atom stereocenters. The molecule has 1 atom stereocenters. The minimum Gasteiger partial charge on any atom is -0.477 e. The van der Waals surface area contributed by atoms with Crippen molar-refractivity contribution in [2.45, 2.75) is 19.0 Å². The van der Waals surface area contributed by atoms with Crippen LogP contribution in [0, 0.1) is 0 Å². The number of nitrogens with zero attached hydrogens (tertiary/aromatic N) is 2. The molecule has 0 aliphatic carbocycles. The van der Waals surface area contributed by atoms with E-state index in [1.165, 1.54) is 18.3 Å². The maximum Gasteiger partial charge on any atom is 0.354 e. The number of hydrogen-bond acceptors (Lipinski definition) is 4. The van der Waals surface area contributed by atoms with Crippen molar-refractivity contribution >= 4 is 17.8 Å². The molecule has 2 amide bonds. The Morgan fingerprint density at radius 1 is 1.20 bits per heavy atom. The molecule has 1 aromatic carbocycles. The highest BCUT2D eigenvalue weighted by atomic mass is 16.4. The Labute approximate surface area is 144 Å². The van der Waals surface area contributed by atoms with Gasteiger partial charge in [0.2, 0.25) is 5.91 Å². The van der Waals surface area contributed by atoms with Crippen LogP contribution in [0.15, 0.2) is 48.7 Å². The second-order valence-corrected chi connectivity index (χ2v) is 5.80. The van der Waals surface area contributed by atoms with E-state index < -0.39 is 17.9 Å². The van der Waals surface area contributed by atoms with Gasteiger partial charge in [0.25, 0.3) is 5.91 Å². The molecule has 2 N–H and O–H groups in total. The second-order valence-electron chi connectivity index (χ2n) is 5.80. The van der Waals surface area contributed by atoms with E-state index in [0.717, 1.165) is 5.56 Å². The topological polar surface area (TPSA) is 99.6 Å². The lowest BCUT2D eigenvalue weighted by Gasteiger charge is -2.17. The van der Waals surface area contributed by atoms with Crippen molar-refractivity contribution in [3.05, 3.63) is 65.5 Å². The number of carbonyl (C=O) groups is 3. The highest BCUT2D eigenvalue weighted by Crippen LogP contribution is 2.15. The predicted octanol–water partition coefficient (Wildman–Crippen LogP) is 1.31. The molecule has 1 aliphatic rings. The number of nitrogens with one attached hydrogen (secondary N) is 1. The van der Waals surface area contributed by atoms with Crippen molar-refractivity contribution in [2.24, 2.45) is 0 Å². The lowest BCUT2D eigenvalue weighted by Crippen LogP contribution is -2.41. The lowest BCUT2D eigenvalue weighted by molar-refractivity contribution is -0.129. The normalized spacial score (nSPS) is 16.7. The average molecular weight is 339 g/mol. The summed E-state index contributed by atoms with van der Waals surface area (Å²) in [6.07, 6.45) is 1.73. The second kappa shape index (κ2) is 7.12. The zero-order valence-corrected chi connectivity index (χ0v) is 13.4. The van der Waals surface area contributed by atoms with E-state index in [-0.39, 0.29) is 17.2 Å². The summed E-state index contributed by atoms with van der Waals surface area (Å²) < 4.78 is 0. The third-order valence-electron chi connectivity index (χ3n) is 4.06. The number of carboxylic acids is 1. The first-order valence-electron chi connectivity index (χ1n) is 7.87. The van der Waals surface area contributed by atoms with E-state index in [1.807, 2.05) is 30.3 Å². The third-order valence-corrected chi connectivity index (χ3v) is 4.06. The standard InChI is InChI=1S/C18H17N3O4/c22-16(13-6-7-15(18(24)25)19-10-13)20-14-8-9-21(17(14)23)11-12-4-2-1-3-5-12/h1-7,10,14H,8-9,11H2,(H,20,22)(H,24,25)/t14-/m1/s1. The first-order valence-corrected chi connectivity index (χ1v) is 7.87. The van der Waals surface area contributed by atoms with Crippen LogP contribution in [-0.2, 0) is 11.3 Å². The summed E-state index contributed by atoms with van der Waals surface area (Å²) in [6, 6.07) is 11.7. The minimum atomic E-state index is -1.16. The summed E-state index contributed by atoms with van der Waals surface area (Å²) in [5.41, 5.74) is 1.12. The number of carboxylic acid groups (broad SMARTS) is 1. The lowest BCUT2D eigenvalue weighted by atomic mass is 10.2. The van der Waals surface area contributed by atoms with Gasteiger partial charge in [-0.2, -0.15) is 0 Å². The Morgan fingerprint density at radius 3 is 2.60 bits per heavy atom. The van der Waals surface area contributed by atoms with Crippen LogP contribution in [-0.4, -0.2) is 45.4 Å². The molecule has 2 heterocycles.